The van der Waals surface area contributed by atoms with Crippen LogP contribution in [-0.2, 0) is 13.6 Å². The number of pyridine rings is 1. The molecule has 1 aliphatic rings. The number of piperazine rings is 1. The number of thiophene rings is 1. The predicted octanol–water partition coefficient (Wildman–Crippen LogP) is 4.10. The van der Waals surface area contributed by atoms with Crippen LogP contribution >= 0.6 is 11.3 Å². The van der Waals surface area contributed by atoms with Crippen LogP contribution in [0.25, 0.3) is 21.6 Å². The van der Waals surface area contributed by atoms with Crippen LogP contribution < -0.4 is 0 Å². The molecule has 0 saturated carbocycles. The Labute approximate surface area is 189 Å². The van der Waals surface area contributed by atoms with Crippen LogP contribution in [0, 0.1) is 12.7 Å². The van der Waals surface area contributed by atoms with Gasteiger partial charge >= 0.3 is 0 Å². The Morgan fingerprint density at radius 1 is 1.12 bits per heavy atom. The van der Waals surface area contributed by atoms with Crippen molar-refractivity contribution in [3.8, 4) is 10.6 Å². The molecule has 32 heavy (non-hydrogen) atoms. The number of rotatable bonds is 4. The van der Waals surface area contributed by atoms with Crippen LogP contribution in [0.3, 0.4) is 0 Å². The van der Waals surface area contributed by atoms with Gasteiger partial charge in [0.15, 0.2) is 5.65 Å². The largest absolute Gasteiger partial charge is 0.336 e. The number of carbonyl (C=O) groups is 1. The van der Waals surface area contributed by atoms with Gasteiger partial charge in [-0.25, -0.2) is 9.37 Å². The molecule has 1 amide bonds. The third kappa shape index (κ3) is 3.91. The molecule has 0 radical (unpaired) electrons. The number of amides is 1. The summed E-state index contributed by atoms with van der Waals surface area (Å²) in [6.45, 7) is 5.54. The topological polar surface area (TPSA) is 54.3 Å². The standard InChI is InChI=1S/C24H24FN5OS/c1-16-22-19(14-20(21-4-3-13-32-21)26-23(22)28(2)27-16)24(31)30-11-9-29(10-12-30)15-17-5-7-18(25)8-6-17/h3-8,13-14H,9-12,15H2,1-2H3. The van der Waals surface area contributed by atoms with E-state index in [0.717, 1.165) is 52.5 Å². The fraction of sp³-hybridized carbons (Fsp3) is 0.292. The number of nitrogens with zero attached hydrogens (tertiary/aromatic N) is 5. The van der Waals surface area contributed by atoms with E-state index in [1.807, 2.05) is 54.6 Å². The highest BCUT2D eigenvalue weighted by molar-refractivity contribution is 7.13. The van der Waals surface area contributed by atoms with E-state index in [9.17, 15) is 9.18 Å². The smallest absolute Gasteiger partial charge is 0.254 e. The first-order chi connectivity index (χ1) is 15.5. The average Bonchev–Trinajstić information content (AvgIpc) is 3.43. The van der Waals surface area contributed by atoms with Crippen LogP contribution in [-0.4, -0.2) is 56.7 Å². The number of benzene rings is 1. The van der Waals surface area contributed by atoms with Crippen molar-refractivity contribution in [1.29, 1.82) is 0 Å². The summed E-state index contributed by atoms with van der Waals surface area (Å²) in [6.07, 6.45) is 0. The van der Waals surface area contributed by atoms with Gasteiger partial charge in [0.25, 0.3) is 5.91 Å². The molecule has 0 aliphatic carbocycles. The lowest BCUT2D eigenvalue weighted by Crippen LogP contribution is -2.48. The minimum absolute atomic E-state index is 0.0211. The molecule has 6 nitrogen and oxygen atoms in total. The fourth-order valence-corrected chi connectivity index (χ4v) is 4.98. The van der Waals surface area contributed by atoms with Gasteiger partial charge in [-0.05, 0) is 42.1 Å². The molecular formula is C24H24FN5OS. The molecule has 5 rings (SSSR count). The number of hydrogen-bond acceptors (Lipinski definition) is 5. The van der Waals surface area contributed by atoms with Gasteiger partial charge < -0.3 is 4.90 Å². The summed E-state index contributed by atoms with van der Waals surface area (Å²) in [5, 5.41) is 7.35. The summed E-state index contributed by atoms with van der Waals surface area (Å²) in [5.74, 6) is -0.201. The normalized spacial score (nSPS) is 14.9. The summed E-state index contributed by atoms with van der Waals surface area (Å²) in [4.78, 5) is 23.6. The summed E-state index contributed by atoms with van der Waals surface area (Å²) in [5.41, 5.74) is 4.08. The summed E-state index contributed by atoms with van der Waals surface area (Å²) < 4.78 is 14.9. The van der Waals surface area contributed by atoms with Crippen molar-refractivity contribution >= 4 is 28.3 Å². The Hall–Kier alpha value is -3.10. The number of carbonyl (C=O) groups excluding carboxylic acids is 1. The second kappa shape index (κ2) is 8.44. The minimum Gasteiger partial charge on any atom is -0.336 e. The van der Waals surface area contributed by atoms with Gasteiger partial charge in [0.05, 0.1) is 27.2 Å². The van der Waals surface area contributed by atoms with Gasteiger partial charge in [0.1, 0.15) is 5.82 Å². The molecule has 0 spiro atoms. The van der Waals surface area contributed by atoms with E-state index in [1.165, 1.54) is 12.1 Å². The number of halogens is 1. The first-order valence-corrected chi connectivity index (χ1v) is 11.5. The lowest BCUT2D eigenvalue weighted by molar-refractivity contribution is 0.0630. The molecule has 3 aromatic heterocycles. The first-order valence-electron chi connectivity index (χ1n) is 10.6. The third-order valence-electron chi connectivity index (χ3n) is 5.95. The molecule has 164 valence electrons. The molecular weight excluding hydrogens is 425 g/mol. The minimum atomic E-state index is -0.222. The number of hydrogen-bond donors (Lipinski definition) is 0. The summed E-state index contributed by atoms with van der Waals surface area (Å²) >= 11 is 1.61. The van der Waals surface area contributed by atoms with Crippen molar-refractivity contribution in [3.05, 3.63) is 70.5 Å². The SMILES string of the molecule is Cc1nn(C)c2nc(-c3cccs3)cc(C(=O)N3CCN(Cc4ccc(F)cc4)CC3)c12. The molecule has 4 aromatic rings. The second-order valence-electron chi connectivity index (χ2n) is 8.13. The highest BCUT2D eigenvalue weighted by Gasteiger charge is 2.26. The van der Waals surface area contributed by atoms with Gasteiger partial charge in [0, 0.05) is 39.8 Å². The molecule has 4 heterocycles. The van der Waals surface area contributed by atoms with E-state index in [1.54, 1.807) is 16.0 Å². The van der Waals surface area contributed by atoms with Gasteiger partial charge in [-0.15, -0.1) is 11.3 Å². The van der Waals surface area contributed by atoms with Gasteiger partial charge in [-0.2, -0.15) is 5.10 Å². The molecule has 8 heteroatoms. The molecule has 0 unspecified atom stereocenters. The molecule has 1 fully saturated rings. The average molecular weight is 450 g/mol. The first kappa shape index (κ1) is 20.8. The maximum atomic E-state index is 13.6. The van der Waals surface area contributed by atoms with Crippen LogP contribution in [0.2, 0.25) is 0 Å². The maximum Gasteiger partial charge on any atom is 0.254 e. The summed E-state index contributed by atoms with van der Waals surface area (Å²) in [7, 11) is 1.86. The van der Waals surface area contributed by atoms with Gasteiger partial charge in [-0.1, -0.05) is 18.2 Å². The van der Waals surface area contributed by atoms with E-state index in [2.05, 4.69) is 10.00 Å². The van der Waals surface area contributed by atoms with Crippen molar-refractivity contribution in [3.63, 3.8) is 0 Å². The molecule has 1 aliphatic heterocycles. The molecule has 0 atom stereocenters. The van der Waals surface area contributed by atoms with Crippen LogP contribution in [0.1, 0.15) is 21.6 Å². The Morgan fingerprint density at radius 3 is 2.56 bits per heavy atom. The van der Waals surface area contributed by atoms with E-state index in [0.29, 0.717) is 18.7 Å². The quantitative estimate of drug-likeness (QED) is 0.471. The Morgan fingerprint density at radius 2 is 1.88 bits per heavy atom. The fourth-order valence-electron chi connectivity index (χ4n) is 4.29. The molecule has 0 N–H and O–H groups in total. The number of fused-ring (bicyclic) bond motifs is 1. The van der Waals surface area contributed by atoms with E-state index in [4.69, 9.17) is 4.98 Å². The zero-order chi connectivity index (χ0) is 22.2. The summed E-state index contributed by atoms with van der Waals surface area (Å²) in [6, 6.07) is 12.5. The highest BCUT2D eigenvalue weighted by atomic mass is 32.1. The van der Waals surface area contributed by atoms with Crippen LogP contribution in [0.5, 0.6) is 0 Å². The van der Waals surface area contributed by atoms with Gasteiger partial charge in [0.2, 0.25) is 0 Å². The van der Waals surface area contributed by atoms with Crippen LogP contribution in [0.4, 0.5) is 4.39 Å². The van der Waals surface area contributed by atoms with Crippen molar-refractivity contribution < 1.29 is 9.18 Å². The lowest BCUT2D eigenvalue weighted by atomic mass is 10.1. The third-order valence-corrected chi connectivity index (χ3v) is 6.84. The molecule has 1 aromatic carbocycles. The number of aromatic nitrogens is 3. The van der Waals surface area contributed by atoms with Crippen LogP contribution in [0.15, 0.2) is 47.8 Å². The van der Waals surface area contributed by atoms with Crippen molar-refractivity contribution in [1.82, 2.24) is 24.6 Å². The van der Waals surface area contributed by atoms with E-state index in [-0.39, 0.29) is 11.7 Å². The Balaban J connectivity index is 1.38. The predicted molar refractivity (Wildman–Crippen MR) is 124 cm³/mol. The molecule has 1 saturated heterocycles. The van der Waals surface area contributed by atoms with Crippen molar-refractivity contribution in [2.24, 2.45) is 7.05 Å². The zero-order valence-electron chi connectivity index (χ0n) is 18.1. The Bertz CT molecular complexity index is 1260. The van der Waals surface area contributed by atoms with E-state index < -0.39 is 0 Å². The van der Waals surface area contributed by atoms with Gasteiger partial charge in [-0.3, -0.25) is 14.4 Å². The van der Waals surface area contributed by atoms with E-state index >= 15 is 0 Å². The zero-order valence-corrected chi connectivity index (χ0v) is 18.9. The lowest BCUT2D eigenvalue weighted by Gasteiger charge is -2.35. The van der Waals surface area contributed by atoms with Crippen molar-refractivity contribution in [2.45, 2.75) is 13.5 Å². The van der Waals surface area contributed by atoms with Crippen molar-refractivity contribution in [2.75, 3.05) is 26.2 Å². The Kier molecular flexibility index (Phi) is 5.48. The molecule has 0 bridgehead atoms. The number of aryl methyl sites for hydroxylation is 2. The highest BCUT2D eigenvalue weighted by Crippen LogP contribution is 2.30. The maximum absolute atomic E-state index is 13.6. The second-order valence-corrected chi connectivity index (χ2v) is 9.08. The monoisotopic (exact) mass is 449 g/mol.